The summed E-state index contributed by atoms with van der Waals surface area (Å²) in [7, 11) is 0. The van der Waals surface area contributed by atoms with Gasteiger partial charge in [0, 0.05) is 37.3 Å². The lowest BCUT2D eigenvalue weighted by Crippen LogP contribution is -2.44. The smallest absolute Gasteiger partial charge is 0.322 e. The molecule has 2 N–H and O–H groups in total. The Morgan fingerprint density at radius 2 is 2.16 bits per heavy atom. The normalized spacial score (nSPS) is 18.8. The van der Waals surface area contributed by atoms with E-state index in [1.54, 1.807) is 4.52 Å². The fourth-order valence-corrected chi connectivity index (χ4v) is 4.19. The molecule has 9 nitrogen and oxygen atoms in total. The minimum absolute atomic E-state index is 0.0580. The van der Waals surface area contributed by atoms with Crippen LogP contribution in [0.2, 0.25) is 0 Å². The number of anilines is 2. The minimum Gasteiger partial charge on any atom is -0.459 e. The SMILES string of the molecule is CC(C)c1cnn2c(NCc3ccccc3N3CCC3=O)nc(OC3CCCNC3)nc12. The van der Waals surface area contributed by atoms with Gasteiger partial charge in [0.15, 0.2) is 5.65 Å². The Bertz CT molecular complexity index is 1120. The summed E-state index contributed by atoms with van der Waals surface area (Å²) in [5.74, 6) is 1.01. The molecule has 4 heterocycles. The van der Waals surface area contributed by atoms with Crippen LogP contribution in [0.15, 0.2) is 30.5 Å². The molecule has 3 aromatic rings. The first-order valence-electron chi connectivity index (χ1n) is 11.4. The highest BCUT2D eigenvalue weighted by atomic mass is 16.5. The standard InChI is InChI=1S/C23H29N7O2/c1-15(2)18-14-26-30-21(18)27-23(32-17-7-5-10-24-13-17)28-22(30)25-12-16-6-3-4-8-19(16)29-11-9-20(29)31/h3-4,6,8,14-15,17,24H,5,7,9-13H2,1-2H3,(H,25,27,28). The van der Waals surface area contributed by atoms with Crippen LogP contribution in [0.4, 0.5) is 11.6 Å². The third-order valence-corrected chi connectivity index (χ3v) is 6.09. The Morgan fingerprint density at radius 3 is 2.88 bits per heavy atom. The number of carbonyl (C=O) groups is 1. The molecule has 0 radical (unpaired) electrons. The van der Waals surface area contributed by atoms with E-state index in [1.807, 2.05) is 35.4 Å². The van der Waals surface area contributed by atoms with Gasteiger partial charge in [0.05, 0.1) is 6.20 Å². The lowest BCUT2D eigenvalue weighted by molar-refractivity contribution is -0.122. The summed E-state index contributed by atoms with van der Waals surface area (Å²) < 4.78 is 7.88. The van der Waals surface area contributed by atoms with E-state index in [0.29, 0.717) is 24.9 Å². The van der Waals surface area contributed by atoms with Crippen molar-refractivity contribution in [3.8, 4) is 6.01 Å². The molecule has 168 valence electrons. The van der Waals surface area contributed by atoms with E-state index in [1.165, 1.54) is 0 Å². The number of ether oxygens (including phenoxy) is 1. The van der Waals surface area contributed by atoms with Crippen LogP contribution in [0.25, 0.3) is 5.65 Å². The van der Waals surface area contributed by atoms with Crippen LogP contribution in [0.3, 0.4) is 0 Å². The number of nitrogens with one attached hydrogen (secondary N) is 2. The van der Waals surface area contributed by atoms with Gasteiger partial charge in [0.2, 0.25) is 11.9 Å². The molecule has 2 aromatic heterocycles. The molecule has 2 aliphatic rings. The molecule has 1 atom stereocenters. The average Bonchev–Trinajstić information content (AvgIpc) is 3.22. The van der Waals surface area contributed by atoms with E-state index < -0.39 is 0 Å². The Hall–Kier alpha value is -3.20. The zero-order valence-corrected chi connectivity index (χ0v) is 18.5. The first kappa shape index (κ1) is 20.7. The monoisotopic (exact) mass is 435 g/mol. The molecule has 1 amide bonds. The minimum atomic E-state index is 0.0580. The molecule has 5 rings (SSSR count). The van der Waals surface area contributed by atoms with Gasteiger partial charge in [-0.25, -0.2) is 0 Å². The summed E-state index contributed by atoms with van der Waals surface area (Å²) in [6.45, 7) is 7.33. The molecule has 2 saturated heterocycles. The number of rotatable bonds is 7. The highest BCUT2D eigenvalue weighted by Crippen LogP contribution is 2.28. The largest absolute Gasteiger partial charge is 0.459 e. The second-order valence-corrected chi connectivity index (χ2v) is 8.68. The molecule has 1 unspecified atom stereocenters. The molecule has 1 aromatic carbocycles. The molecule has 2 fully saturated rings. The van der Waals surface area contributed by atoms with Gasteiger partial charge in [-0.05, 0) is 36.9 Å². The number of nitrogens with zero attached hydrogens (tertiary/aromatic N) is 5. The van der Waals surface area contributed by atoms with Crippen molar-refractivity contribution in [2.75, 3.05) is 29.9 Å². The molecule has 2 aliphatic heterocycles. The number of hydrogen-bond acceptors (Lipinski definition) is 7. The van der Waals surface area contributed by atoms with Gasteiger partial charge in [-0.1, -0.05) is 32.0 Å². The summed E-state index contributed by atoms with van der Waals surface area (Å²) in [5.41, 5.74) is 3.77. The maximum absolute atomic E-state index is 12.0. The molecule has 9 heteroatoms. The van der Waals surface area contributed by atoms with Crippen LogP contribution in [0.1, 0.15) is 50.2 Å². The number of para-hydroxylation sites is 1. The molecule has 32 heavy (non-hydrogen) atoms. The fraction of sp³-hybridized carbons (Fsp3) is 0.478. The first-order valence-corrected chi connectivity index (χ1v) is 11.4. The van der Waals surface area contributed by atoms with Crippen LogP contribution >= 0.6 is 0 Å². The zero-order chi connectivity index (χ0) is 22.1. The fourth-order valence-electron chi connectivity index (χ4n) is 4.19. The van der Waals surface area contributed by atoms with Crippen molar-refractivity contribution in [3.05, 3.63) is 41.6 Å². The number of β-lactam (4-membered cyclic amide) rings is 1. The van der Waals surface area contributed by atoms with Crippen molar-refractivity contribution in [3.63, 3.8) is 0 Å². The van der Waals surface area contributed by atoms with E-state index in [-0.39, 0.29) is 17.9 Å². The van der Waals surface area contributed by atoms with Gasteiger partial charge in [-0.2, -0.15) is 19.6 Å². The predicted octanol–water partition coefficient (Wildman–Crippen LogP) is 2.73. The number of piperidine rings is 1. The quantitative estimate of drug-likeness (QED) is 0.551. The highest BCUT2D eigenvalue weighted by molar-refractivity contribution is 6.00. The van der Waals surface area contributed by atoms with Crippen LogP contribution in [0.5, 0.6) is 6.01 Å². The maximum Gasteiger partial charge on any atom is 0.322 e. The Morgan fingerprint density at radius 1 is 1.28 bits per heavy atom. The zero-order valence-electron chi connectivity index (χ0n) is 18.5. The van der Waals surface area contributed by atoms with E-state index in [9.17, 15) is 4.79 Å². The summed E-state index contributed by atoms with van der Waals surface area (Å²) in [6.07, 6.45) is 4.57. The number of amides is 1. The Balaban J connectivity index is 1.44. The number of benzene rings is 1. The van der Waals surface area contributed by atoms with Crippen LogP contribution < -0.4 is 20.3 Å². The van der Waals surface area contributed by atoms with Crippen molar-refractivity contribution in [1.82, 2.24) is 24.9 Å². The van der Waals surface area contributed by atoms with Crippen molar-refractivity contribution < 1.29 is 9.53 Å². The first-order chi connectivity index (χ1) is 15.6. The van der Waals surface area contributed by atoms with Crippen LogP contribution in [-0.2, 0) is 11.3 Å². The number of carbonyl (C=O) groups excluding carboxylic acids is 1. The third kappa shape index (κ3) is 4.00. The third-order valence-electron chi connectivity index (χ3n) is 6.09. The molecule has 0 aliphatic carbocycles. The molecule has 0 saturated carbocycles. The van der Waals surface area contributed by atoms with Crippen molar-refractivity contribution in [2.24, 2.45) is 0 Å². The maximum atomic E-state index is 12.0. The predicted molar refractivity (Wildman–Crippen MR) is 122 cm³/mol. The number of hydrogen-bond donors (Lipinski definition) is 2. The van der Waals surface area contributed by atoms with Gasteiger partial charge >= 0.3 is 6.01 Å². The molecule has 0 spiro atoms. The number of fused-ring (bicyclic) bond motifs is 1. The lowest BCUT2D eigenvalue weighted by atomic mass is 10.1. The average molecular weight is 436 g/mol. The van der Waals surface area contributed by atoms with Gasteiger partial charge in [-0.15, -0.1) is 0 Å². The number of aromatic nitrogens is 4. The summed E-state index contributed by atoms with van der Waals surface area (Å²) >= 11 is 0. The summed E-state index contributed by atoms with van der Waals surface area (Å²) in [4.78, 5) is 23.1. The Kier molecular flexibility index (Phi) is 5.65. The van der Waals surface area contributed by atoms with Crippen molar-refractivity contribution >= 4 is 23.2 Å². The molecular formula is C23H29N7O2. The second kappa shape index (κ2) is 8.74. The van der Waals surface area contributed by atoms with Gasteiger partial charge in [0.25, 0.3) is 0 Å². The highest BCUT2D eigenvalue weighted by Gasteiger charge is 2.27. The van der Waals surface area contributed by atoms with Gasteiger partial charge in [-0.3, -0.25) is 4.79 Å². The van der Waals surface area contributed by atoms with Crippen LogP contribution in [-0.4, -0.2) is 51.2 Å². The lowest BCUT2D eigenvalue weighted by Gasteiger charge is -2.32. The summed E-state index contributed by atoms with van der Waals surface area (Å²) in [6, 6.07) is 8.32. The Labute approximate surface area is 187 Å². The van der Waals surface area contributed by atoms with Gasteiger partial charge < -0.3 is 20.3 Å². The summed E-state index contributed by atoms with van der Waals surface area (Å²) in [5, 5.41) is 11.3. The van der Waals surface area contributed by atoms with E-state index in [4.69, 9.17) is 9.72 Å². The second-order valence-electron chi connectivity index (χ2n) is 8.68. The van der Waals surface area contributed by atoms with Gasteiger partial charge in [0.1, 0.15) is 6.10 Å². The van der Waals surface area contributed by atoms with E-state index in [0.717, 1.165) is 54.9 Å². The molecular weight excluding hydrogens is 406 g/mol. The van der Waals surface area contributed by atoms with E-state index >= 15 is 0 Å². The van der Waals surface area contributed by atoms with Crippen molar-refractivity contribution in [2.45, 2.75) is 51.7 Å². The van der Waals surface area contributed by atoms with E-state index in [2.05, 4.69) is 34.6 Å². The van der Waals surface area contributed by atoms with Crippen molar-refractivity contribution in [1.29, 1.82) is 0 Å². The molecule has 0 bridgehead atoms. The topological polar surface area (TPSA) is 96.7 Å². The van der Waals surface area contributed by atoms with Crippen LogP contribution in [0, 0.1) is 0 Å².